The SMILES string of the molecule is CN(Cc1ccccc1)c1cc(C(C)(C)C)nc(SCc2cccc(C(=O)NCC3CCCO3)c2)n1. The summed E-state index contributed by atoms with van der Waals surface area (Å²) >= 11 is 1.60. The van der Waals surface area contributed by atoms with Crippen LogP contribution >= 0.6 is 11.8 Å². The Morgan fingerprint density at radius 1 is 1.08 bits per heavy atom. The van der Waals surface area contributed by atoms with Crippen LogP contribution in [0.3, 0.4) is 0 Å². The number of anilines is 1. The van der Waals surface area contributed by atoms with E-state index in [1.54, 1.807) is 11.8 Å². The van der Waals surface area contributed by atoms with Gasteiger partial charge in [0, 0.05) is 49.5 Å². The van der Waals surface area contributed by atoms with Crippen LogP contribution in [-0.4, -0.2) is 42.2 Å². The summed E-state index contributed by atoms with van der Waals surface area (Å²) in [4.78, 5) is 24.6. The first-order chi connectivity index (χ1) is 17.3. The normalized spacial score (nSPS) is 15.6. The van der Waals surface area contributed by atoms with Crippen molar-refractivity contribution in [3.63, 3.8) is 0 Å². The van der Waals surface area contributed by atoms with Crippen molar-refractivity contribution in [2.75, 3.05) is 25.1 Å². The highest BCUT2D eigenvalue weighted by Gasteiger charge is 2.20. The molecule has 0 bridgehead atoms. The standard InChI is InChI=1S/C29H36N4O2S/c1-29(2,3)25-17-26(33(4)19-21-10-6-5-7-11-21)32-28(31-25)36-20-22-12-8-13-23(16-22)27(34)30-18-24-14-9-15-35-24/h5-8,10-13,16-17,24H,9,14-15,18-20H2,1-4H3,(H,30,34). The number of thioether (sulfide) groups is 1. The number of nitrogens with one attached hydrogen (secondary N) is 1. The number of amides is 1. The lowest BCUT2D eigenvalue weighted by Gasteiger charge is -2.23. The van der Waals surface area contributed by atoms with Crippen LogP contribution in [0, 0.1) is 0 Å². The maximum atomic E-state index is 12.6. The zero-order valence-electron chi connectivity index (χ0n) is 21.7. The quantitative estimate of drug-likeness (QED) is 0.302. The molecule has 190 valence electrons. The van der Waals surface area contributed by atoms with Crippen molar-refractivity contribution in [3.8, 4) is 0 Å². The Hall–Kier alpha value is -2.90. The zero-order valence-corrected chi connectivity index (χ0v) is 22.5. The molecule has 6 nitrogen and oxygen atoms in total. The predicted octanol–water partition coefficient (Wildman–Crippen LogP) is 5.61. The van der Waals surface area contributed by atoms with Gasteiger partial charge < -0.3 is 15.0 Å². The molecule has 0 saturated carbocycles. The van der Waals surface area contributed by atoms with Gasteiger partial charge in [-0.15, -0.1) is 0 Å². The highest BCUT2D eigenvalue weighted by Crippen LogP contribution is 2.28. The molecule has 2 aromatic carbocycles. The third-order valence-electron chi connectivity index (χ3n) is 6.19. The summed E-state index contributed by atoms with van der Waals surface area (Å²) in [5, 5.41) is 3.75. The molecule has 1 saturated heterocycles. The lowest BCUT2D eigenvalue weighted by Crippen LogP contribution is -2.31. The Labute approximate surface area is 218 Å². The second-order valence-corrected chi connectivity index (χ2v) is 11.3. The molecule has 7 heteroatoms. The summed E-state index contributed by atoms with van der Waals surface area (Å²) in [6.07, 6.45) is 2.21. The monoisotopic (exact) mass is 504 g/mol. The van der Waals surface area contributed by atoms with Crippen molar-refractivity contribution >= 4 is 23.5 Å². The molecule has 36 heavy (non-hydrogen) atoms. The second-order valence-electron chi connectivity index (χ2n) is 10.3. The van der Waals surface area contributed by atoms with E-state index in [4.69, 9.17) is 14.7 Å². The fraction of sp³-hybridized carbons (Fsp3) is 0.414. The van der Waals surface area contributed by atoms with Crippen LogP contribution in [0.15, 0.2) is 65.8 Å². The lowest BCUT2D eigenvalue weighted by molar-refractivity contribution is 0.0857. The van der Waals surface area contributed by atoms with Crippen molar-refractivity contribution in [2.24, 2.45) is 0 Å². The van der Waals surface area contributed by atoms with Crippen molar-refractivity contribution in [1.29, 1.82) is 0 Å². The van der Waals surface area contributed by atoms with Gasteiger partial charge in [-0.05, 0) is 36.1 Å². The number of hydrogen-bond donors (Lipinski definition) is 1. The molecule has 0 spiro atoms. The van der Waals surface area contributed by atoms with E-state index in [0.717, 1.165) is 48.2 Å². The van der Waals surface area contributed by atoms with Crippen molar-refractivity contribution in [1.82, 2.24) is 15.3 Å². The number of carbonyl (C=O) groups is 1. The van der Waals surface area contributed by atoms with Gasteiger partial charge in [0.2, 0.25) is 0 Å². The number of ether oxygens (including phenoxy) is 1. The Balaban J connectivity index is 1.45. The zero-order chi connectivity index (χ0) is 25.5. The average Bonchev–Trinajstić information content (AvgIpc) is 3.40. The minimum atomic E-state index is -0.0956. The number of nitrogens with zero attached hydrogens (tertiary/aromatic N) is 3. The highest BCUT2D eigenvalue weighted by atomic mass is 32.2. The van der Waals surface area contributed by atoms with E-state index in [1.165, 1.54) is 5.56 Å². The van der Waals surface area contributed by atoms with Gasteiger partial charge in [-0.2, -0.15) is 0 Å². The first-order valence-corrected chi connectivity index (χ1v) is 13.5. The first kappa shape index (κ1) is 26.2. The van der Waals surface area contributed by atoms with Gasteiger partial charge in [0.25, 0.3) is 5.91 Å². The Kier molecular flexibility index (Phi) is 8.64. The van der Waals surface area contributed by atoms with Gasteiger partial charge in [-0.3, -0.25) is 4.79 Å². The number of benzene rings is 2. The molecule has 1 aliphatic rings. The molecule has 1 unspecified atom stereocenters. The van der Waals surface area contributed by atoms with Crippen LogP contribution in [0.25, 0.3) is 0 Å². The molecule has 4 rings (SSSR count). The molecule has 1 atom stereocenters. The second kappa shape index (κ2) is 11.9. The number of hydrogen-bond acceptors (Lipinski definition) is 6. The smallest absolute Gasteiger partial charge is 0.251 e. The maximum Gasteiger partial charge on any atom is 0.251 e. The van der Waals surface area contributed by atoms with Crippen LogP contribution in [0.4, 0.5) is 5.82 Å². The molecule has 1 aromatic heterocycles. The van der Waals surface area contributed by atoms with E-state index in [0.29, 0.717) is 17.9 Å². The van der Waals surface area contributed by atoms with E-state index >= 15 is 0 Å². The summed E-state index contributed by atoms with van der Waals surface area (Å²) in [6.45, 7) is 8.63. The van der Waals surface area contributed by atoms with Gasteiger partial charge in [0.1, 0.15) is 5.82 Å². The predicted molar refractivity (Wildman–Crippen MR) is 147 cm³/mol. The Bertz CT molecular complexity index is 1160. The lowest BCUT2D eigenvalue weighted by atomic mass is 9.92. The largest absolute Gasteiger partial charge is 0.376 e. The van der Waals surface area contributed by atoms with E-state index in [1.807, 2.05) is 30.3 Å². The average molecular weight is 505 g/mol. The topological polar surface area (TPSA) is 67.4 Å². The van der Waals surface area contributed by atoms with Crippen molar-refractivity contribution in [2.45, 2.75) is 62.6 Å². The molecular formula is C29H36N4O2S. The summed E-state index contributed by atoms with van der Waals surface area (Å²) in [6, 6.07) is 20.3. The number of rotatable bonds is 9. The first-order valence-electron chi connectivity index (χ1n) is 12.5. The van der Waals surface area contributed by atoms with Crippen LogP contribution in [-0.2, 0) is 22.4 Å². The summed E-state index contributed by atoms with van der Waals surface area (Å²) in [7, 11) is 2.06. The third kappa shape index (κ3) is 7.31. The Morgan fingerprint density at radius 3 is 2.58 bits per heavy atom. The minimum absolute atomic E-state index is 0.0619. The Morgan fingerprint density at radius 2 is 1.86 bits per heavy atom. The van der Waals surface area contributed by atoms with E-state index in [-0.39, 0.29) is 17.4 Å². The molecule has 0 aliphatic carbocycles. The molecule has 3 aromatic rings. The third-order valence-corrected chi connectivity index (χ3v) is 7.10. The van der Waals surface area contributed by atoms with Crippen molar-refractivity contribution in [3.05, 3.63) is 83.0 Å². The molecule has 2 heterocycles. The summed E-state index contributed by atoms with van der Waals surface area (Å²) in [5.41, 5.74) is 3.88. The minimum Gasteiger partial charge on any atom is -0.376 e. The van der Waals surface area contributed by atoms with Crippen LogP contribution in [0.1, 0.15) is 60.8 Å². The van der Waals surface area contributed by atoms with Gasteiger partial charge in [-0.1, -0.05) is 75.0 Å². The maximum absolute atomic E-state index is 12.6. The van der Waals surface area contributed by atoms with Gasteiger partial charge >= 0.3 is 0 Å². The fourth-order valence-electron chi connectivity index (χ4n) is 4.06. The molecular weight excluding hydrogens is 468 g/mol. The molecule has 1 amide bonds. The summed E-state index contributed by atoms with van der Waals surface area (Å²) < 4.78 is 5.61. The van der Waals surface area contributed by atoms with E-state index < -0.39 is 0 Å². The molecule has 0 radical (unpaired) electrons. The number of aromatic nitrogens is 2. The van der Waals surface area contributed by atoms with Crippen LogP contribution < -0.4 is 10.2 Å². The number of carbonyl (C=O) groups excluding carboxylic acids is 1. The van der Waals surface area contributed by atoms with Gasteiger partial charge in [0.15, 0.2) is 5.16 Å². The molecule has 1 aliphatic heterocycles. The molecule has 1 fully saturated rings. The van der Waals surface area contributed by atoms with E-state index in [9.17, 15) is 4.79 Å². The highest BCUT2D eigenvalue weighted by molar-refractivity contribution is 7.98. The van der Waals surface area contributed by atoms with Crippen LogP contribution in [0.5, 0.6) is 0 Å². The summed E-state index contributed by atoms with van der Waals surface area (Å²) in [5.74, 6) is 1.53. The molecule has 1 N–H and O–H groups in total. The van der Waals surface area contributed by atoms with E-state index in [2.05, 4.69) is 68.4 Å². The fourth-order valence-corrected chi connectivity index (χ4v) is 4.86. The van der Waals surface area contributed by atoms with Gasteiger partial charge in [0.05, 0.1) is 11.8 Å². The van der Waals surface area contributed by atoms with Gasteiger partial charge in [-0.25, -0.2) is 9.97 Å². The van der Waals surface area contributed by atoms with Crippen molar-refractivity contribution < 1.29 is 9.53 Å². The van der Waals surface area contributed by atoms with Crippen LogP contribution in [0.2, 0.25) is 0 Å².